The second-order valence-corrected chi connectivity index (χ2v) is 9.22. The van der Waals surface area contributed by atoms with Crippen LogP contribution >= 0.6 is 0 Å². The lowest BCUT2D eigenvalue weighted by atomic mass is 9.53. The molecule has 0 aromatic heterocycles. The largest absolute Gasteiger partial charge is 0.278 e. The lowest BCUT2D eigenvalue weighted by Crippen LogP contribution is -2.54. The highest BCUT2D eigenvalue weighted by Crippen LogP contribution is 2.61. The average molecular weight is 413 g/mol. The number of likely N-dealkylation sites (tertiary alicyclic amines) is 1. The summed E-state index contributed by atoms with van der Waals surface area (Å²) >= 11 is 0. The lowest BCUT2D eigenvalue weighted by Gasteiger charge is -2.48. The van der Waals surface area contributed by atoms with Crippen molar-refractivity contribution in [1.29, 1.82) is 0 Å². The Hall–Kier alpha value is -3.02. The van der Waals surface area contributed by atoms with Gasteiger partial charge < -0.3 is 0 Å². The van der Waals surface area contributed by atoms with Crippen LogP contribution in [-0.2, 0) is 35.8 Å². The zero-order valence-electron chi connectivity index (χ0n) is 17.7. The van der Waals surface area contributed by atoms with Crippen molar-refractivity contribution in [2.75, 3.05) is 0 Å². The van der Waals surface area contributed by atoms with E-state index in [4.69, 9.17) is 9.78 Å². The fourth-order valence-electron chi connectivity index (χ4n) is 5.90. The van der Waals surface area contributed by atoms with Crippen molar-refractivity contribution in [3.8, 4) is 0 Å². The maximum absolute atomic E-state index is 14.2. The van der Waals surface area contributed by atoms with Gasteiger partial charge in [0.15, 0.2) is 0 Å². The second kappa shape index (κ2) is 5.81. The number of imide groups is 1. The number of nitrogens with zero attached hydrogens (tertiary/aromatic N) is 1. The summed E-state index contributed by atoms with van der Waals surface area (Å²) in [4.78, 5) is 41.9. The number of carbonyl (C=O) groups is 2. The molecule has 1 fully saturated rings. The Morgan fingerprint density at radius 3 is 2.16 bits per heavy atom. The summed E-state index contributed by atoms with van der Waals surface area (Å²) < 4.78 is 0. The Kier molecular flexibility index (Phi) is 3.51. The molecule has 2 spiro atoms. The van der Waals surface area contributed by atoms with E-state index in [-0.39, 0.29) is 17.9 Å². The van der Waals surface area contributed by atoms with Gasteiger partial charge in [-0.2, -0.15) is 0 Å². The van der Waals surface area contributed by atoms with E-state index in [0.717, 1.165) is 22.3 Å². The van der Waals surface area contributed by atoms with Crippen LogP contribution in [0.3, 0.4) is 0 Å². The molecule has 5 nitrogen and oxygen atoms in total. The molecule has 2 amide bonds. The van der Waals surface area contributed by atoms with Crippen LogP contribution in [0.15, 0.2) is 72.8 Å². The maximum Gasteiger partial charge on any atom is 0.245 e. The van der Waals surface area contributed by atoms with Crippen LogP contribution in [0.5, 0.6) is 0 Å². The number of benzene rings is 2. The molecule has 4 atom stereocenters. The molecule has 0 saturated carbocycles. The Bertz CT molecular complexity index is 1210. The molecule has 0 radical (unpaired) electrons. The Morgan fingerprint density at radius 1 is 0.839 bits per heavy atom. The third-order valence-electron chi connectivity index (χ3n) is 7.33. The number of hydrogen-bond donors (Lipinski definition) is 0. The summed E-state index contributed by atoms with van der Waals surface area (Å²) in [5.41, 5.74) is -0.000803. The monoisotopic (exact) mass is 413 g/mol. The van der Waals surface area contributed by atoms with Crippen LogP contribution in [0.2, 0.25) is 0 Å². The van der Waals surface area contributed by atoms with Gasteiger partial charge in [-0.05, 0) is 49.1 Å². The van der Waals surface area contributed by atoms with Crippen LogP contribution in [0, 0.1) is 0 Å². The van der Waals surface area contributed by atoms with Crippen molar-refractivity contribution in [1.82, 2.24) is 4.90 Å². The van der Waals surface area contributed by atoms with E-state index >= 15 is 0 Å². The zero-order valence-corrected chi connectivity index (χ0v) is 17.7. The first-order chi connectivity index (χ1) is 14.9. The van der Waals surface area contributed by atoms with Gasteiger partial charge in [-0.15, -0.1) is 0 Å². The molecule has 4 bridgehead atoms. The highest BCUT2D eigenvalue weighted by Gasteiger charge is 2.72. The third kappa shape index (κ3) is 1.95. The Labute approximate surface area is 180 Å². The van der Waals surface area contributed by atoms with Crippen LogP contribution in [0.4, 0.5) is 0 Å². The highest BCUT2D eigenvalue weighted by molar-refractivity contribution is 6.19. The van der Waals surface area contributed by atoms with E-state index in [1.807, 2.05) is 93.6 Å². The summed E-state index contributed by atoms with van der Waals surface area (Å²) in [5, 5.41) is 0. The number of amides is 2. The van der Waals surface area contributed by atoms with Crippen LogP contribution < -0.4 is 0 Å². The van der Waals surface area contributed by atoms with Gasteiger partial charge in [0.2, 0.25) is 11.8 Å². The van der Waals surface area contributed by atoms with Gasteiger partial charge >= 0.3 is 0 Å². The Morgan fingerprint density at radius 2 is 1.45 bits per heavy atom. The van der Waals surface area contributed by atoms with Crippen molar-refractivity contribution >= 4 is 11.8 Å². The molecule has 5 aliphatic rings. The van der Waals surface area contributed by atoms with Crippen molar-refractivity contribution < 1.29 is 19.4 Å². The van der Waals surface area contributed by atoms with Gasteiger partial charge in [0.25, 0.3) is 0 Å². The molecule has 5 heteroatoms. The zero-order chi connectivity index (χ0) is 21.6. The summed E-state index contributed by atoms with van der Waals surface area (Å²) in [5.74, 6) is -0.392. The van der Waals surface area contributed by atoms with Gasteiger partial charge in [0.05, 0.1) is 0 Å². The van der Waals surface area contributed by atoms with Crippen molar-refractivity contribution in [2.45, 2.75) is 49.3 Å². The predicted octanol–water partition coefficient (Wildman–Crippen LogP) is 4.00. The van der Waals surface area contributed by atoms with Crippen LogP contribution in [0.25, 0.3) is 0 Å². The first kappa shape index (κ1) is 18.7. The van der Waals surface area contributed by atoms with Crippen molar-refractivity contribution in [2.24, 2.45) is 0 Å². The first-order valence-corrected chi connectivity index (χ1v) is 10.7. The molecule has 31 heavy (non-hydrogen) atoms. The predicted molar refractivity (Wildman–Crippen MR) is 114 cm³/mol. The topological polar surface area (TPSA) is 55.8 Å². The second-order valence-electron chi connectivity index (χ2n) is 9.22. The Balaban J connectivity index is 1.82. The standard InChI is InChI=1S/C26H23NO4/c1-16(2)27-22(28)25-13-12-21(17-8-4-5-9-18(17)25)30-31-24(3)14-15-26(25,23(27)29)20-11-7-6-10-19(20)24/h4-16,21H,1-3H3/t21-,24+,25-,26-/m1/s1. The molecule has 2 aromatic rings. The molecule has 7 rings (SSSR count). The fourth-order valence-corrected chi connectivity index (χ4v) is 5.90. The molecule has 156 valence electrons. The molecule has 2 aliphatic carbocycles. The van der Waals surface area contributed by atoms with Crippen LogP contribution in [-0.4, -0.2) is 22.8 Å². The van der Waals surface area contributed by atoms with Gasteiger partial charge in [-0.25, -0.2) is 9.78 Å². The van der Waals surface area contributed by atoms with Gasteiger partial charge in [0.1, 0.15) is 22.5 Å². The number of rotatable bonds is 1. The summed E-state index contributed by atoms with van der Waals surface area (Å²) in [7, 11) is 0. The molecular weight excluding hydrogens is 390 g/mol. The molecule has 0 unspecified atom stereocenters. The molecule has 3 heterocycles. The summed E-state index contributed by atoms with van der Waals surface area (Å²) in [6, 6.07) is 15.2. The number of hydrogen-bond acceptors (Lipinski definition) is 4. The highest BCUT2D eigenvalue weighted by atomic mass is 17.2. The minimum atomic E-state index is -1.19. The molecule has 2 aromatic carbocycles. The van der Waals surface area contributed by atoms with Crippen molar-refractivity contribution in [3.63, 3.8) is 0 Å². The maximum atomic E-state index is 14.2. The minimum absolute atomic E-state index is 0.195. The van der Waals surface area contributed by atoms with Crippen molar-refractivity contribution in [3.05, 3.63) is 95.1 Å². The quantitative estimate of drug-likeness (QED) is 0.403. The summed E-state index contributed by atoms with van der Waals surface area (Å²) in [6.07, 6.45) is 7.03. The normalized spacial score (nSPS) is 34.8. The SMILES string of the molecule is CC(C)N1C(=O)[C@]23C=C[C@@H](OO[C@@]4(C)C=C[C@]2(C1=O)c1ccccc14)c1ccccc13. The van der Waals surface area contributed by atoms with E-state index in [1.54, 1.807) is 0 Å². The lowest BCUT2D eigenvalue weighted by molar-refractivity contribution is -0.370. The number of fused-ring (bicyclic) bond motifs is 2. The van der Waals surface area contributed by atoms with E-state index in [1.165, 1.54) is 4.90 Å². The molecular formula is C26H23NO4. The first-order valence-electron chi connectivity index (χ1n) is 10.7. The summed E-state index contributed by atoms with van der Waals surface area (Å²) in [6.45, 7) is 5.70. The van der Waals surface area contributed by atoms with Gasteiger partial charge in [-0.3, -0.25) is 14.5 Å². The molecule has 1 saturated heterocycles. The number of carbonyl (C=O) groups excluding carboxylic acids is 2. The van der Waals surface area contributed by atoms with Gasteiger partial charge in [-0.1, -0.05) is 66.8 Å². The van der Waals surface area contributed by atoms with Gasteiger partial charge in [0, 0.05) is 6.04 Å². The van der Waals surface area contributed by atoms with Crippen LogP contribution in [0.1, 0.15) is 49.1 Å². The molecule has 0 N–H and O–H groups in total. The van der Waals surface area contributed by atoms with E-state index in [0.29, 0.717) is 0 Å². The van der Waals surface area contributed by atoms with E-state index < -0.39 is 22.5 Å². The molecule has 3 aliphatic heterocycles. The minimum Gasteiger partial charge on any atom is -0.278 e. The van der Waals surface area contributed by atoms with E-state index in [2.05, 4.69) is 0 Å². The fraction of sp³-hybridized carbons (Fsp3) is 0.308. The smallest absolute Gasteiger partial charge is 0.245 e. The average Bonchev–Trinajstić information content (AvgIpc) is 2.96. The van der Waals surface area contributed by atoms with E-state index in [9.17, 15) is 9.59 Å². The third-order valence-corrected chi connectivity index (χ3v) is 7.33.